The van der Waals surface area contributed by atoms with Gasteiger partial charge in [-0.2, -0.15) is 0 Å². The fourth-order valence-electron chi connectivity index (χ4n) is 3.98. The molecule has 0 amide bonds. The van der Waals surface area contributed by atoms with Crippen molar-refractivity contribution in [3.05, 3.63) is 24.3 Å². The highest BCUT2D eigenvalue weighted by atomic mass is 28.4. The van der Waals surface area contributed by atoms with Crippen molar-refractivity contribution in [1.29, 1.82) is 0 Å². The molecule has 1 aromatic carbocycles. The second kappa shape index (κ2) is 12.4. The number of benzene rings is 1. The third-order valence-electron chi connectivity index (χ3n) is 4.29. The van der Waals surface area contributed by atoms with Crippen LogP contribution in [0.4, 0.5) is 0 Å². The fourth-order valence-corrected chi connectivity index (χ4v) is 26.4. The predicted molar refractivity (Wildman–Crippen MR) is 172 cm³/mol. The van der Waals surface area contributed by atoms with Crippen molar-refractivity contribution >= 4 is 59.3 Å². The fraction of sp³-hybridized carbons (Fsp3) is 0.760. The molecule has 0 spiro atoms. The Morgan fingerprint density at radius 2 is 0.656 bits per heavy atom. The first kappa shape index (κ1) is 34.6. The van der Waals surface area contributed by atoms with Gasteiger partial charge in [-0.25, -0.2) is 0 Å². The molecule has 0 unspecified atom stereocenters. The molecular formula is C25H60OSi6. The van der Waals surface area contributed by atoms with E-state index in [1.54, 1.807) is 16.0 Å². The summed E-state index contributed by atoms with van der Waals surface area (Å²) in [5.74, 6) is 0. The van der Waals surface area contributed by atoms with E-state index in [-0.39, 0.29) is 0 Å². The van der Waals surface area contributed by atoms with Gasteiger partial charge in [0.15, 0.2) is 16.6 Å². The van der Waals surface area contributed by atoms with Crippen LogP contribution in [0.1, 0.15) is 0 Å². The Hall–Kier alpha value is 0.481. The van der Waals surface area contributed by atoms with Crippen LogP contribution in [-0.4, -0.2) is 48.9 Å². The van der Waals surface area contributed by atoms with Crippen LogP contribution in [0.5, 0.6) is 0 Å². The van der Waals surface area contributed by atoms with Crippen LogP contribution < -0.4 is 10.4 Å². The molecule has 0 aliphatic rings. The van der Waals surface area contributed by atoms with Crippen molar-refractivity contribution in [2.24, 2.45) is 0 Å². The number of hydrogen-bond acceptors (Lipinski definition) is 1. The zero-order valence-corrected chi connectivity index (χ0v) is 31.4. The summed E-state index contributed by atoms with van der Waals surface area (Å²) in [6, 6.07) is 9.39. The maximum atomic E-state index is 5.90. The Labute approximate surface area is 210 Å². The van der Waals surface area contributed by atoms with E-state index in [0.717, 1.165) is 0 Å². The zero-order valence-electron chi connectivity index (χ0n) is 25.4. The molecule has 0 heterocycles. The molecule has 190 valence electrons. The van der Waals surface area contributed by atoms with Crippen molar-refractivity contribution in [1.82, 2.24) is 0 Å². The summed E-state index contributed by atoms with van der Waals surface area (Å²) in [4.78, 5) is 0. The zero-order chi connectivity index (χ0) is 26.4. The van der Waals surface area contributed by atoms with Crippen LogP contribution in [0.15, 0.2) is 24.3 Å². The van der Waals surface area contributed by atoms with Crippen LogP contribution >= 0.6 is 0 Å². The Morgan fingerprint density at radius 3 is 0.719 bits per heavy atom. The van der Waals surface area contributed by atoms with Gasteiger partial charge in [0.25, 0.3) is 0 Å². The largest absolute Gasteiger partial charge is 0.456 e. The van der Waals surface area contributed by atoms with Crippen LogP contribution in [0.2, 0.25) is 124 Å². The molecular weight excluding hydrogens is 485 g/mol. The van der Waals surface area contributed by atoms with Gasteiger partial charge in [-0.3, -0.25) is 0 Å². The quantitative estimate of drug-likeness (QED) is 0.325. The van der Waals surface area contributed by atoms with Gasteiger partial charge in [0.1, 0.15) is 0 Å². The first-order chi connectivity index (χ1) is 13.6. The molecule has 0 aromatic heterocycles. The maximum Gasteiger partial charge on any atom is 0.170 e. The van der Waals surface area contributed by atoms with E-state index in [1.165, 1.54) is 0 Å². The molecule has 0 aliphatic carbocycles. The molecule has 1 rings (SSSR count). The van der Waals surface area contributed by atoms with Crippen molar-refractivity contribution in [3.8, 4) is 0 Å². The number of rotatable bonds is 6. The van der Waals surface area contributed by atoms with Gasteiger partial charge in [0.2, 0.25) is 0 Å². The minimum absolute atomic E-state index is 0.731. The molecule has 0 bridgehead atoms. The SMILES string of the molecule is C[Si](C)(C)C[Si](C)(C)C.C[Si](C)(C)O[Si](C)(C)C.C[Si](C)(C)c1ccc([Si](C)(C)C)cc1. The first-order valence-electron chi connectivity index (χ1n) is 12.4. The summed E-state index contributed by atoms with van der Waals surface area (Å²) in [7, 11) is -6.12. The van der Waals surface area contributed by atoms with E-state index >= 15 is 0 Å². The summed E-state index contributed by atoms with van der Waals surface area (Å²) in [5.41, 5.74) is 1.57. The highest BCUT2D eigenvalue weighted by Gasteiger charge is 2.24. The predicted octanol–water partition coefficient (Wildman–Crippen LogP) is 8.65. The summed E-state index contributed by atoms with van der Waals surface area (Å²) >= 11 is 0. The van der Waals surface area contributed by atoms with E-state index in [1.807, 2.05) is 0 Å². The molecule has 0 aliphatic heterocycles. The van der Waals surface area contributed by atoms with Gasteiger partial charge >= 0.3 is 0 Å². The second-order valence-electron chi connectivity index (χ2n) is 15.7. The van der Waals surface area contributed by atoms with Crippen molar-refractivity contribution in [2.75, 3.05) is 0 Å². The van der Waals surface area contributed by atoms with Gasteiger partial charge in [0.05, 0.1) is 16.1 Å². The average molecular weight is 545 g/mol. The molecule has 1 nitrogen and oxygen atoms in total. The van der Waals surface area contributed by atoms with Gasteiger partial charge in [-0.15, -0.1) is 0 Å². The highest BCUT2D eigenvalue weighted by molar-refractivity contribution is 6.94. The summed E-state index contributed by atoms with van der Waals surface area (Å²) in [5, 5.41) is 3.14. The third-order valence-corrected chi connectivity index (χ3v) is 21.8. The Kier molecular flexibility index (Phi) is 13.5. The van der Waals surface area contributed by atoms with Gasteiger partial charge in [-0.1, -0.05) is 119 Å². The molecule has 0 saturated heterocycles. The number of hydrogen-bond donors (Lipinski definition) is 0. The van der Waals surface area contributed by atoms with E-state index in [2.05, 4.69) is 142 Å². The van der Waals surface area contributed by atoms with E-state index in [4.69, 9.17) is 4.12 Å². The lowest BCUT2D eigenvalue weighted by atomic mass is 10.4. The molecule has 7 heteroatoms. The Bertz CT molecular complexity index is 560. The summed E-state index contributed by atoms with van der Waals surface area (Å²) in [6.45, 7) is 42.6. The molecule has 0 atom stereocenters. The van der Waals surface area contributed by atoms with Crippen LogP contribution in [0.25, 0.3) is 0 Å². The molecule has 1 aromatic rings. The monoisotopic (exact) mass is 544 g/mol. The van der Waals surface area contributed by atoms with E-state index in [9.17, 15) is 0 Å². The van der Waals surface area contributed by atoms with Crippen molar-refractivity contribution in [2.45, 2.75) is 124 Å². The maximum absolute atomic E-state index is 5.90. The Balaban J connectivity index is 0. The lowest BCUT2D eigenvalue weighted by molar-refractivity contribution is 0.559. The standard InChI is InChI=1S/C12H22Si2.C7H20Si2.C6H18OSi2/c1-13(2,3)11-7-9-12(10-8-11)14(4,5)6;2*1-8(2,3)7-9(4,5)6/h7-10H,1-6H3;7H2,1-6H3;1-6H3. The van der Waals surface area contributed by atoms with Crippen LogP contribution in [-0.2, 0) is 4.12 Å². The smallest absolute Gasteiger partial charge is 0.170 e. The molecule has 0 saturated carbocycles. The molecule has 0 N–H and O–H groups in total. The van der Waals surface area contributed by atoms with Gasteiger partial charge in [-0.05, 0) is 39.3 Å². The van der Waals surface area contributed by atoms with Gasteiger partial charge < -0.3 is 4.12 Å². The minimum Gasteiger partial charge on any atom is -0.456 e. The Morgan fingerprint density at radius 1 is 0.438 bits per heavy atom. The van der Waals surface area contributed by atoms with Crippen molar-refractivity contribution in [3.63, 3.8) is 0 Å². The third kappa shape index (κ3) is 22.3. The highest BCUT2D eigenvalue weighted by Crippen LogP contribution is 2.18. The topological polar surface area (TPSA) is 9.23 Å². The van der Waals surface area contributed by atoms with E-state index < -0.39 is 48.9 Å². The summed E-state index contributed by atoms with van der Waals surface area (Å²) < 4.78 is 5.90. The first-order valence-corrected chi connectivity index (χ1v) is 33.7. The molecule has 32 heavy (non-hydrogen) atoms. The molecule has 0 radical (unpaired) electrons. The minimum atomic E-state index is -1.23. The van der Waals surface area contributed by atoms with E-state index in [0.29, 0.717) is 0 Å². The van der Waals surface area contributed by atoms with Gasteiger partial charge in [0, 0.05) is 16.1 Å². The van der Waals surface area contributed by atoms with Crippen LogP contribution in [0, 0.1) is 0 Å². The van der Waals surface area contributed by atoms with Crippen LogP contribution in [0.3, 0.4) is 0 Å². The second-order valence-corrected chi connectivity index (χ2v) is 46.8. The summed E-state index contributed by atoms with van der Waals surface area (Å²) in [6.07, 6.45) is 0. The van der Waals surface area contributed by atoms with Crippen molar-refractivity contribution < 1.29 is 4.12 Å². The lowest BCUT2D eigenvalue weighted by Crippen LogP contribution is -2.42. The molecule has 0 fully saturated rings. The lowest BCUT2D eigenvalue weighted by Gasteiger charge is -2.27. The normalized spacial score (nSPS) is 13.6. The average Bonchev–Trinajstić information content (AvgIpc) is 2.38.